The molecule has 2 aliphatic rings. The van der Waals surface area contributed by atoms with E-state index in [1.807, 2.05) is 24.3 Å². The first-order valence-electron chi connectivity index (χ1n) is 8.45. The van der Waals surface area contributed by atoms with E-state index in [4.69, 9.17) is 14.2 Å². The van der Waals surface area contributed by atoms with Crippen molar-refractivity contribution < 1.29 is 19.0 Å². The second-order valence-electron chi connectivity index (χ2n) is 6.61. The summed E-state index contributed by atoms with van der Waals surface area (Å²) >= 11 is 0. The Labute approximate surface area is 147 Å². The van der Waals surface area contributed by atoms with Crippen molar-refractivity contribution >= 4 is 6.09 Å². The summed E-state index contributed by atoms with van der Waals surface area (Å²) in [5.41, 5.74) is 7.25. The molecule has 1 fully saturated rings. The van der Waals surface area contributed by atoms with Crippen LogP contribution in [-0.2, 0) is 4.74 Å². The van der Waals surface area contributed by atoms with E-state index >= 15 is 0 Å². The number of benzene rings is 1. The topological polar surface area (TPSA) is 72.1 Å². The number of fused-ring (bicyclic) bond motifs is 1. The molecule has 1 aromatic rings. The molecule has 2 aliphatic heterocycles. The van der Waals surface area contributed by atoms with E-state index in [2.05, 4.69) is 31.4 Å². The number of ether oxygens (including phenoxy) is 3. The van der Waals surface area contributed by atoms with Crippen molar-refractivity contribution in [3.8, 4) is 11.5 Å². The van der Waals surface area contributed by atoms with Gasteiger partial charge < -0.3 is 14.2 Å². The first-order valence-corrected chi connectivity index (χ1v) is 8.45. The molecule has 136 valence electrons. The fourth-order valence-electron chi connectivity index (χ4n) is 3.12. The molecule has 2 heterocycles. The maximum Gasteiger partial charge on any atom is 0.425 e. The van der Waals surface area contributed by atoms with Crippen LogP contribution in [0.3, 0.4) is 0 Å². The van der Waals surface area contributed by atoms with Gasteiger partial charge in [-0.05, 0) is 24.1 Å². The molecule has 0 bridgehead atoms. The first-order chi connectivity index (χ1) is 12.0. The normalized spacial score (nSPS) is 25.4. The summed E-state index contributed by atoms with van der Waals surface area (Å²) in [4.78, 5) is 12.0. The first kappa shape index (κ1) is 17.6. The molecule has 0 aliphatic carbocycles. The monoisotopic (exact) mass is 347 g/mol. The highest BCUT2D eigenvalue weighted by Crippen LogP contribution is 2.38. The second kappa shape index (κ2) is 7.33. The minimum Gasteiger partial charge on any atom is -0.497 e. The number of hydrogen-bond acceptors (Lipinski definition) is 6. The smallest absolute Gasteiger partial charge is 0.425 e. The Morgan fingerprint density at radius 2 is 2.16 bits per heavy atom. The fourth-order valence-corrected chi connectivity index (χ4v) is 3.12. The maximum absolute atomic E-state index is 12.0. The summed E-state index contributed by atoms with van der Waals surface area (Å²) in [7, 11) is 1.63. The van der Waals surface area contributed by atoms with Crippen LogP contribution in [0, 0.1) is 11.8 Å². The van der Waals surface area contributed by atoms with Crippen LogP contribution >= 0.6 is 0 Å². The lowest BCUT2D eigenvalue weighted by molar-refractivity contribution is 0.0985. The Morgan fingerprint density at radius 3 is 2.84 bits per heavy atom. The average Bonchev–Trinajstić information content (AvgIpc) is 2.99. The maximum atomic E-state index is 12.0. The van der Waals surface area contributed by atoms with E-state index in [1.165, 1.54) is 5.01 Å². The lowest BCUT2D eigenvalue weighted by Crippen LogP contribution is -2.55. The van der Waals surface area contributed by atoms with Crippen molar-refractivity contribution in [2.24, 2.45) is 11.8 Å². The highest BCUT2D eigenvalue weighted by Gasteiger charge is 2.37. The van der Waals surface area contributed by atoms with E-state index < -0.39 is 0 Å². The molecule has 2 N–H and O–H groups in total. The molecular weight excluding hydrogens is 322 g/mol. The summed E-state index contributed by atoms with van der Waals surface area (Å²) in [5, 5.41) is 1.51. The van der Waals surface area contributed by atoms with E-state index in [-0.39, 0.29) is 30.0 Å². The summed E-state index contributed by atoms with van der Waals surface area (Å²) < 4.78 is 16.3. The van der Waals surface area contributed by atoms with Gasteiger partial charge in [-0.15, -0.1) is 6.58 Å². The van der Waals surface area contributed by atoms with Crippen molar-refractivity contribution in [2.45, 2.75) is 25.9 Å². The molecule has 7 nitrogen and oxygen atoms in total. The summed E-state index contributed by atoms with van der Waals surface area (Å²) in [6.45, 7) is 8.92. The van der Waals surface area contributed by atoms with Gasteiger partial charge in [-0.1, -0.05) is 19.9 Å². The van der Waals surface area contributed by atoms with Gasteiger partial charge in [0, 0.05) is 11.5 Å². The number of hydrazine groups is 2. The van der Waals surface area contributed by atoms with Crippen LogP contribution in [-0.4, -0.2) is 37.5 Å². The second-order valence-corrected chi connectivity index (χ2v) is 6.61. The third-order valence-corrected chi connectivity index (χ3v) is 4.73. The van der Waals surface area contributed by atoms with Gasteiger partial charge in [-0.3, -0.25) is 0 Å². The molecule has 3 rings (SSSR count). The van der Waals surface area contributed by atoms with Crippen LogP contribution < -0.4 is 20.4 Å². The van der Waals surface area contributed by atoms with Gasteiger partial charge in [0.05, 0.1) is 25.8 Å². The van der Waals surface area contributed by atoms with Crippen LogP contribution in [0.15, 0.2) is 30.9 Å². The number of carbonyl (C=O) groups is 1. The van der Waals surface area contributed by atoms with Crippen molar-refractivity contribution in [1.82, 2.24) is 16.0 Å². The largest absolute Gasteiger partial charge is 0.497 e. The van der Waals surface area contributed by atoms with Crippen molar-refractivity contribution in [3.63, 3.8) is 0 Å². The Kier molecular flexibility index (Phi) is 5.15. The standard InChI is InChI=1S/C18H25N3O4/c1-5-12-9-24-16-7-6-13(23-4)8-14(16)17(12)19-20-21-15(11(2)3)10-25-18(21)22/h5-8,11-12,15,17,19-20H,1,9-10H2,2-4H3/t12-,15+,17-/m0/s1. The molecule has 0 saturated carbocycles. The molecule has 1 saturated heterocycles. The van der Waals surface area contributed by atoms with Gasteiger partial charge in [0.1, 0.15) is 18.1 Å². The Bertz CT molecular complexity index is 649. The lowest BCUT2D eigenvalue weighted by atomic mass is 9.91. The van der Waals surface area contributed by atoms with Crippen LogP contribution in [0.4, 0.5) is 4.79 Å². The predicted molar refractivity (Wildman–Crippen MR) is 93.0 cm³/mol. The van der Waals surface area contributed by atoms with Crippen LogP contribution in [0.1, 0.15) is 25.5 Å². The highest BCUT2D eigenvalue weighted by atomic mass is 16.6. The third kappa shape index (κ3) is 3.43. The summed E-state index contributed by atoms with van der Waals surface area (Å²) in [6, 6.07) is 5.56. The minimum atomic E-state index is -0.376. The zero-order chi connectivity index (χ0) is 18.0. The van der Waals surface area contributed by atoms with Gasteiger partial charge in [-0.2, -0.15) is 5.53 Å². The van der Waals surface area contributed by atoms with E-state index in [1.54, 1.807) is 7.11 Å². The number of nitrogens with zero attached hydrogens (tertiary/aromatic N) is 1. The van der Waals surface area contributed by atoms with Crippen LogP contribution in [0.5, 0.6) is 11.5 Å². The van der Waals surface area contributed by atoms with E-state index in [9.17, 15) is 4.79 Å². The van der Waals surface area contributed by atoms with Gasteiger partial charge in [0.25, 0.3) is 0 Å². The third-order valence-electron chi connectivity index (χ3n) is 4.73. The quantitative estimate of drug-likeness (QED) is 0.608. The van der Waals surface area contributed by atoms with Crippen molar-refractivity contribution in [3.05, 3.63) is 36.4 Å². The van der Waals surface area contributed by atoms with Gasteiger partial charge in [0.2, 0.25) is 0 Å². The Morgan fingerprint density at radius 1 is 1.36 bits per heavy atom. The zero-order valence-corrected chi connectivity index (χ0v) is 14.8. The average molecular weight is 347 g/mol. The van der Waals surface area contributed by atoms with Gasteiger partial charge in [-0.25, -0.2) is 15.2 Å². The van der Waals surface area contributed by atoms with Gasteiger partial charge >= 0.3 is 6.09 Å². The van der Waals surface area contributed by atoms with Crippen LogP contribution in [0.25, 0.3) is 0 Å². The number of nitrogens with one attached hydrogen (secondary N) is 2. The summed E-state index contributed by atoms with van der Waals surface area (Å²) in [6.07, 6.45) is 1.48. The molecule has 25 heavy (non-hydrogen) atoms. The SMILES string of the molecule is C=C[C@H]1COc2ccc(OC)cc2[C@H]1NNN1C(=O)OC[C@@H]1C(C)C. The zero-order valence-electron chi connectivity index (χ0n) is 14.8. The van der Waals surface area contributed by atoms with Crippen molar-refractivity contribution in [1.29, 1.82) is 0 Å². The number of rotatable bonds is 6. The van der Waals surface area contributed by atoms with E-state index in [0.717, 1.165) is 17.1 Å². The molecular formula is C18H25N3O4. The number of hydrogen-bond donors (Lipinski definition) is 2. The van der Waals surface area contributed by atoms with Gasteiger partial charge in [0.15, 0.2) is 0 Å². The Balaban J connectivity index is 1.80. The number of carbonyl (C=O) groups excluding carboxylic acids is 1. The fraction of sp³-hybridized carbons (Fsp3) is 0.500. The molecule has 1 amide bonds. The van der Waals surface area contributed by atoms with Crippen molar-refractivity contribution in [2.75, 3.05) is 20.3 Å². The summed E-state index contributed by atoms with van der Waals surface area (Å²) in [5.74, 6) is 1.86. The lowest BCUT2D eigenvalue weighted by Gasteiger charge is -2.35. The molecule has 7 heteroatoms. The number of cyclic esters (lactones) is 1. The highest BCUT2D eigenvalue weighted by molar-refractivity contribution is 5.69. The Hall–Kier alpha value is -2.25. The number of amides is 1. The molecule has 0 aromatic heterocycles. The minimum absolute atomic E-state index is 0.0215. The molecule has 0 spiro atoms. The predicted octanol–water partition coefficient (Wildman–Crippen LogP) is 2.42. The molecule has 3 atom stereocenters. The molecule has 0 radical (unpaired) electrons. The van der Waals surface area contributed by atoms with E-state index in [0.29, 0.717) is 13.2 Å². The number of methoxy groups -OCH3 is 1. The van der Waals surface area contributed by atoms with Crippen LogP contribution in [0.2, 0.25) is 0 Å². The molecule has 0 unspecified atom stereocenters. The molecule has 1 aromatic carbocycles.